The van der Waals surface area contributed by atoms with Crippen molar-refractivity contribution in [3.8, 4) is 0 Å². The van der Waals surface area contributed by atoms with Crippen molar-refractivity contribution in [3.05, 3.63) is 29.8 Å². The van der Waals surface area contributed by atoms with Gasteiger partial charge in [-0.2, -0.15) is 8.42 Å². The van der Waals surface area contributed by atoms with Crippen molar-refractivity contribution in [2.24, 2.45) is 5.92 Å². The van der Waals surface area contributed by atoms with Crippen LogP contribution in [-0.4, -0.2) is 26.7 Å². The number of aliphatic hydroxyl groups excluding tert-OH is 1. The van der Waals surface area contributed by atoms with E-state index in [0.717, 1.165) is 31.2 Å². The Hall–Kier alpha value is -0.910. The predicted molar refractivity (Wildman–Crippen MR) is 97.5 cm³/mol. The van der Waals surface area contributed by atoms with Crippen LogP contribution in [0.5, 0.6) is 0 Å². The molecule has 1 atom stereocenters. The van der Waals surface area contributed by atoms with E-state index >= 15 is 0 Å². The molecule has 1 N–H and O–H groups in total. The highest BCUT2D eigenvalue weighted by molar-refractivity contribution is 7.86. The van der Waals surface area contributed by atoms with Gasteiger partial charge in [-0.25, -0.2) is 0 Å². The zero-order valence-corrected chi connectivity index (χ0v) is 15.9. The van der Waals surface area contributed by atoms with E-state index in [1.165, 1.54) is 25.7 Å². The van der Waals surface area contributed by atoms with E-state index in [2.05, 4.69) is 6.92 Å². The minimum absolute atomic E-state index is 0.227. The van der Waals surface area contributed by atoms with Crippen LogP contribution in [0.2, 0.25) is 0 Å². The molecule has 1 aromatic rings. The van der Waals surface area contributed by atoms with E-state index in [1.807, 2.05) is 6.92 Å². The summed E-state index contributed by atoms with van der Waals surface area (Å²) in [4.78, 5) is 0.227. The average molecular weight is 357 g/mol. The first-order valence-corrected chi connectivity index (χ1v) is 10.4. The Morgan fingerprint density at radius 3 is 2.08 bits per heavy atom. The third kappa shape index (κ3) is 8.81. The van der Waals surface area contributed by atoms with E-state index < -0.39 is 10.1 Å². The number of benzene rings is 1. The predicted octanol–water partition coefficient (Wildman–Crippen LogP) is 4.45. The number of hydrogen-bond donors (Lipinski definition) is 1. The molecule has 0 saturated carbocycles. The van der Waals surface area contributed by atoms with Crippen molar-refractivity contribution in [1.29, 1.82) is 0 Å². The number of unbranched alkanes of at least 4 members (excludes halogenated alkanes) is 6. The van der Waals surface area contributed by atoms with Crippen LogP contribution in [0.15, 0.2) is 29.2 Å². The van der Waals surface area contributed by atoms with Gasteiger partial charge in [0.05, 0.1) is 11.5 Å². The van der Waals surface area contributed by atoms with Gasteiger partial charge in [0.15, 0.2) is 0 Å². The molecular weight excluding hydrogens is 324 g/mol. The molecule has 24 heavy (non-hydrogen) atoms. The van der Waals surface area contributed by atoms with Crippen molar-refractivity contribution in [1.82, 2.24) is 0 Å². The zero-order valence-electron chi connectivity index (χ0n) is 15.0. The monoisotopic (exact) mass is 356 g/mol. The largest absolute Gasteiger partial charge is 0.396 e. The summed E-state index contributed by atoms with van der Waals surface area (Å²) >= 11 is 0. The molecule has 1 aromatic carbocycles. The molecule has 0 heterocycles. The van der Waals surface area contributed by atoms with Crippen molar-refractivity contribution in [2.75, 3.05) is 13.2 Å². The second-order valence-electron chi connectivity index (χ2n) is 6.64. The number of aryl methyl sites for hydroxylation is 1. The highest BCUT2D eigenvalue weighted by atomic mass is 32.2. The Kier molecular flexibility index (Phi) is 10.2. The molecule has 1 unspecified atom stereocenters. The summed E-state index contributed by atoms with van der Waals surface area (Å²) in [6, 6.07) is 6.72. The van der Waals surface area contributed by atoms with Crippen LogP contribution in [-0.2, 0) is 14.3 Å². The van der Waals surface area contributed by atoms with Gasteiger partial charge < -0.3 is 5.11 Å². The third-order valence-corrected chi connectivity index (χ3v) is 5.53. The first-order chi connectivity index (χ1) is 11.5. The molecular formula is C19H32O4S. The maximum atomic E-state index is 12.0. The SMILES string of the molecule is Cc1ccc(S(=O)(=O)OCCCCCCCCCC(C)CO)cc1. The second-order valence-corrected chi connectivity index (χ2v) is 8.26. The van der Waals surface area contributed by atoms with Crippen LogP contribution in [0.1, 0.15) is 63.9 Å². The molecule has 0 aromatic heterocycles. The van der Waals surface area contributed by atoms with Gasteiger partial charge in [-0.1, -0.05) is 63.1 Å². The minimum atomic E-state index is -3.61. The van der Waals surface area contributed by atoms with Crippen LogP contribution in [0.4, 0.5) is 0 Å². The van der Waals surface area contributed by atoms with Crippen LogP contribution < -0.4 is 0 Å². The Labute approximate surface area is 147 Å². The first kappa shape index (κ1) is 21.1. The van der Waals surface area contributed by atoms with Gasteiger partial charge in [-0.05, 0) is 37.8 Å². The first-order valence-electron chi connectivity index (χ1n) is 9.02. The fourth-order valence-corrected chi connectivity index (χ4v) is 3.45. The Balaban J connectivity index is 2.04. The molecule has 0 aliphatic rings. The van der Waals surface area contributed by atoms with Crippen LogP contribution >= 0.6 is 0 Å². The lowest BCUT2D eigenvalue weighted by Gasteiger charge is -2.07. The van der Waals surface area contributed by atoms with E-state index in [1.54, 1.807) is 24.3 Å². The Bertz CT molecular complexity index is 537. The van der Waals surface area contributed by atoms with E-state index in [4.69, 9.17) is 9.29 Å². The molecule has 0 saturated heterocycles. The highest BCUT2D eigenvalue weighted by Crippen LogP contribution is 2.15. The van der Waals surface area contributed by atoms with Gasteiger partial charge in [0.1, 0.15) is 0 Å². The molecule has 0 spiro atoms. The fourth-order valence-electron chi connectivity index (χ4n) is 2.51. The van der Waals surface area contributed by atoms with Gasteiger partial charge >= 0.3 is 0 Å². The highest BCUT2D eigenvalue weighted by Gasteiger charge is 2.14. The smallest absolute Gasteiger partial charge is 0.296 e. The molecule has 0 fully saturated rings. The van der Waals surface area contributed by atoms with Gasteiger partial charge in [0.25, 0.3) is 10.1 Å². The molecule has 4 nitrogen and oxygen atoms in total. The fraction of sp³-hybridized carbons (Fsp3) is 0.684. The summed E-state index contributed by atoms with van der Waals surface area (Å²) < 4.78 is 29.1. The molecule has 138 valence electrons. The van der Waals surface area contributed by atoms with E-state index in [-0.39, 0.29) is 18.1 Å². The lowest BCUT2D eigenvalue weighted by atomic mass is 10.0. The van der Waals surface area contributed by atoms with Gasteiger partial charge in [-0.3, -0.25) is 4.18 Å². The summed E-state index contributed by atoms with van der Waals surface area (Å²) in [6.07, 6.45) is 8.76. The molecule has 0 aliphatic carbocycles. The second kappa shape index (κ2) is 11.6. The number of aliphatic hydroxyl groups is 1. The van der Waals surface area contributed by atoms with Crippen LogP contribution in [0.25, 0.3) is 0 Å². The van der Waals surface area contributed by atoms with E-state index in [9.17, 15) is 8.42 Å². The normalized spacial score (nSPS) is 13.1. The van der Waals surface area contributed by atoms with Crippen molar-refractivity contribution < 1.29 is 17.7 Å². The van der Waals surface area contributed by atoms with Crippen molar-refractivity contribution in [2.45, 2.75) is 70.1 Å². The lowest BCUT2D eigenvalue weighted by molar-refractivity contribution is 0.227. The average Bonchev–Trinajstić information content (AvgIpc) is 2.56. The molecule has 5 heteroatoms. The number of hydrogen-bond acceptors (Lipinski definition) is 4. The topological polar surface area (TPSA) is 63.6 Å². The van der Waals surface area contributed by atoms with Crippen LogP contribution in [0.3, 0.4) is 0 Å². The summed E-state index contributed by atoms with van der Waals surface area (Å²) in [7, 11) is -3.61. The quantitative estimate of drug-likeness (QED) is 0.419. The Morgan fingerprint density at radius 1 is 0.958 bits per heavy atom. The summed E-state index contributed by atoms with van der Waals surface area (Å²) in [5.74, 6) is 0.414. The standard InChI is InChI=1S/C19H32O4S/c1-17-11-13-19(14-12-17)24(21,22)23-15-9-7-5-3-4-6-8-10-18(2)16-20/h11-14,18,20H,3-10,15-16H2,1-2H3. The summed E-state index contributed by atoms with van der Waals surface area (Å²) in [5.41, 5.74) is 1.03. The molecule has 0 amide bonds. The maximum absolute atomic E-state index is 12.0. The lowest BCUT2D eigenvalue weighted by Crippen LogP contribution is -2.07. The van der Waals surface area contributed by atoms with Gasteiger partial charge in [-0.15, -0.1) is 0 Å². The Morgan fingerprint density at radius 2 is 1.50 bits per heavy atom. The van der Waals surface area contributed by atoms with Crippen LogP contribution in [0, 0.1) is 12.8 Å². The molecule has 0 aliphatic heterocycles. The van der Waals surface area contributed by atoms with Crippen molar-refractivity contribution in [3.63, 3.8) is 0 Å². The van der Waals surface area contributed by atoms with Gasteiger partial charge in [0, 0.05) is 6.61 Å². The molecule has 0 bridgehead atoms. The maximum Gasteiger partial charge on any atom is 0.296 e. The summed E-state index contributed by atoms with van der Waals surface area (Å²) in [6.45, 7) is 4.53. The molecule has 0 radical (unpaired) electrons. The minimum Gasteiger partial charge on any atom is -0.396 e. The number of rotatable bonds is 13. The zero-order chi connectivity index (χ0) is 17.8. The van der Waals surface area contributed by atoms with Gasteiger partial charge in [0.2, 0.25) is 0 Å². The summed E-state index contributed by atoms with van der Waals surface area (Å²) in [5, 5.41) is 8.95. The van der Waals surface area contributed by atoms with E-state index in [0.29, 0.717) is 5.92 Å². The third-order valence-electron chi connectivity index (χ3n) is 4.20. The molecule has 1 rings (SSSR count). The van der Waals surface area contributed by atoms with Crippen molar-refractivity contribution >= 4 is 10.1 Å².